The van der Waals surface area contributed by atoms with Crippen molar-refractivity contribution in [1.29, 1.82) is 0 Å². The molecule has 238 valence electrons. The van der Waals surface area contributed by atoms with E-state index in [0.717, 1.165) is 77.3 Å². The van der Waals surface area contributed by atoms with E-state index in [1.165, 1.54) is 10.8 Å². The van der Waals surface area contributed by atoms with E-state index in [9.17, 15) is 0 Å². The summed E-state index contributed by atoms with van der Waals surface area (Å²) >= 11 is 0. The fraction of sp³-hybridized carbons (Fsp3) is 0. The zero-order chi connectivity index (χ0) is 33.5. The van der Waals surface area contributed by atoms with Gasteiger partial charge in [0.05, 0.1) is 22.1 Å². The van der Waals surface area contributed by atoms with Gasteiger partial charge in [-0.05, 0) is 54.6 Å². The van der Waals surface area contributed by atoms with Crippen molar-refractivity contribution in [3.8, 4) is 39.9 Å². The molecule has 0 aliphatic heterocycles. The second-order valence-electron chi connectivity index (χ2n) is 12.8. The summed E-state index contributed by atoms with van der Waals surface area (Å²) in [6.45, 7) is 0. The Kier molecular flexibility index (Phi) is 5.86. The predicted molar refractivity (Wildman–Crippen MR) is 205 cm³/mol. The number of nitrogens with zero attached hydrogens (tertiary/aromatic N) is 4. The molecule has 4 aromatic heterocycles. The lowest BCUT2D eigenvalue weighted by molar-refractivity contribution is 0.668. The predicted octanol–water partition coefficient (Wildman–Crippen LogP) is 11.8. The van der Waals surface area contributed by atoms with Gasteiger partial charge in [-0.2, -0.15) is 0 Å². The molecule has 0 N–H and O–H groups in total. The van der Waals surface area contributed by atoms with E-state index in [2.05, 4.69) is 83.4 Å². The van der Waals surface area contributed by atoms with Crippen molar-refractivity contribution >= 4 is 65.7 Å². The fourth-order valence-electron chi connectivity index (χ4n) is 7.62. The smallest absolute Gasteiger partial charge is 0.164 e. The molecule has 0 amide bonds. The lowest BCUT2D eigenvalue weighted by Gasteiger charge is -2.10. The van der Waals surface area contributed by atoms with Crippen LogP contribution in [0.5, 0.6) is 0 Å². The summed E-state index contributed by atoms with van der Waals surface area (Å²) in [5, 5.41) is 6.46. The molecule has 0 aliphatic carbocycles. The van der Waals surface area contributed by atoms with Crippen LogP contribution >= 0.6 is 0 Å². The van der Waals surface area contributed by atoms with E-state index in [0.29, 0.717) is 17.5 Å². The maximum Gasteiger partial charge on any atom is 0.164 e. The molecule has 7 aromatic carbocycles. The van der Waals surface area contributed by atoms with Crippen LogP contribution in [0.25, 0.3) is 106 Å². The molecule has 0 unspecified atom stereocenters. The number of hydrogen-bond donors (Lipinski definition) is 0. The highest BCUT2D eigenvalue weighted by Crippen LogP contribution is 2.40. The van der Waals surface area contributed by atoms with Crippen LogP contribution < -0.4 is 0 Å². The maximum atomic E-state index is 6.50. The highest BCUT2D eigenvalue weighted by Gasteiger charge is 2.20. The van der Waals surface area contributed by atoms with Crippen LogP contribution in [0.1, 0.15) is 0 Å². The number of benzene rings is 7. The summed E-state index contributed by atoms with van der Waals surface area (Å²) in [5.74, 6) is 1.76. The second-order valence-corrected chi connectivity index (χ2v) is 12.8. The number of hydrogen-bond acceptors (Lipinski definition) is 5. The Morgan fingerprint density at radius 3 is 1.71 bits per heavy atom. The van der Waals surface area contributed by atoms with Crippen molar-refractivity contribution < 1.29 is 8.83 Å². The van der Waals surface area contributed by atoms with Crippen LogP contribution in [0.3, 0.4) is 0 Å². The third kappa shape index (κ3) is 4.20. The lowest BCUT2D eigenvalue weighted by Crippen LogP contribution is -2.00. The van der Waals surface area contributed by atoms with Crippen molar-refractivity contribution in [2.24, 2.45) is 0 Å². The van der Waals surface area contributed by atoms with E-state index in [4.69, 9.17) is 23.8 Å². The van der Waals surface area contributed by atoms with Crippen molar-refractivity contribution in [3.63, 3.8) is 0 Å². The summed E-state index contributed by atoms with van der Waals surface area (Å²) in [4.78, 5) is 15.3. The Balaban J connectivity index is 1.17. The van der Waals surface area contributed by atoms with Gasteiger partial charge >= 0.3 is 0 Å². The van der Waals surface area contributed by atoms with Crippen LogP contribution in [0, 0.1) is 0 Å². The van der Waals surface area contributed by atoms with E-state index in [1.807, 2.05) is 78.9 Å². The number of para-hydroxylation sites is 3. The highest BCUT2D eigenvalue weighted by atomic mass is 16.3. The fourth-order valence-corrected chi connectivity index (χ4v) is 7.62. The van der Waals surface area contributed by atoms with Gasteiger partial charge in [-0.1, -0.05) is 103 Å². The Bertz CT molecular complexity index is 3100. The van der Waals surface area contributed by atoms with Crippen molar-refractivity contribution in [3.05, 3.63) is 158 Å². The molecule has 11 aromatic rings. The lowest BCUT2D eigenvalue weighted by atomic mass is 10.0. The zero-order valence-electron chi connectivity index (χ0n) is 27.1. The van der Waals surface area contributed by atoms with Gasteiger partial charge in [-0.3, -0.25) is 0 Å². The third-order valence-corrected chi connectivity index (χ3v) is 9.86. The Morgan fingerprint density at radius 2 is 0.941 bits per heavy atom. The minimum atomic E-state index is 0.578. The first kappa shape index (κ1) is 27.9. The molecule has 0 radical (unpaired) electrons. The van der Waals surface area contributed by atoms with E-state index in [1.54, 1.807) is 0 Å². The third-order valence-electron chi connectivity index (χ3n) is 9.86. The normalized spacial score (nSPS) is 11.9. The summed E-state index contributed by atoms with van der Waals surface area (Å²) in [5.41, 5.74) is 9.26. The molecule has 51 heavy (non-hydrogen) atoms. The monoisotopic (exact) mass is 654 g/mol. The number of aromatic nitrogens is 4. The molecule has 0 fully saturated rings. The molecule has 0 bridgehead atoms. The molecule has 11 rings (SSSR count). The Morgan fingerprint density at radius 1 is 0.373 bits per heavy atom. The first-order chi connectivity index (χ1) is 25.3. The van der Waals surface area contributed by atoms with Crippen LogP contribution in [-0.2, 0) is 0 Å². The minimum Gasteiger partial charge on any atom is -0.456 e. The van der Waals surface area contributed by atoms with Crippen LogP contribution in [-0.4, -0.2) is 19.5 Å². The Labute approximate surface area is 290 Å². The second kappa shape index (κ2) is 10.7. The number of furan rings is 2. The molecule has 4 heterocycles. The van der Waals surface area contributed by atoms with Gasteiger partial charge < -0.3 is 13.4 Å². The molecule has 6 heteroatoms. The number of rotatable bonds is 4. The topological polar surface area (TPSA) is 69.9 Å². The molecular weight excluding hydrogens is 629 g/mol. The molecule has 0 aliphatic rings. The van der Waals surface area contributed by atoms with Gasteiger partial charge in [-0.15, -0.1) is 0 Å². The standard InChI is InChI=1S/C45H26N4O2/c1-2-12-27(13-3-1)43-46-44(48-45(47-43)32-17-10-22-39-41(32)31-16-6-9-21-37(31)50-39)28-24-25-38-33(26-28)42-36(20-11-23-40(42)51-38)49-34-18-7-4-14-29(34)30-15-5-8-19-35(30)49/h1-26H. The largest absolute Gasteiger partial charge is 0.456 e. The van der Waals surface area contributed by atoms with Crippen LogP contribution in [0.4, 0.5) is 0 Å². The van der Waals surface area contributed by atoms with E-state index >= 15 is 0 Å². The average molecular weight is 655 g/mol. The minimum absolute atomic E-state index is 0.578. The first-order valence-corrected chi connectivity index (χ1v) is 16.9. The summed E-state index contributed by atoms with van der Waals surface area (Å²) < 4.78 is 15.1. The van der Waals surface area contributed by atoms with Gasteiger partial charge in [0.1, 0.15) is 22.3 Å². The highest BCUT2D eigenvalue weighted by molar-refractivity contribution is 6.15. The summed E-state index contributed by atoms with van der Waals surface area (Å²) in [6.07, 6.45) is 0. The van der Waals surface area contributed by atoms with Crippen molar-refractivity contribution in [2.75, 3.05) is 0 Å². The Hall–Kier alpha value is -7.05. The zero-order valence-corrected chi connectivity index (χ0v) is 27.1. The van der Waals surface area contributed by atoms with E-state index in [-0.39, 0.29) is 0 Å². The SMILES string of the molecule is c1ccc(-c2nc(-c3ccc4oc5cccc(-n6c7ccccc7c7ccccc76)c5c4c3)nc(-c3cccc4oc5ccccc5c34)n2)cc1. The van der Waals surface area contributed by atoms with Crippen LogP contribution in [0.15, 0.2) is 167 Å². The number of fused-ring (bicyclic) bond motifs is 9. The summed E-state index contributed by atoms with van der Waals surface area (Å²) in [6, 6.07) is 53.8. The molecule has 0 atom stereocenters. The van der Waals surface area contributed by atoms with Gasteiger partial charge in [0.25, 0.3) is 0 Å². The first-order valence-electron chi connectivity index (χ1n) is 16.9. The quantitative estimate of drug-likeness (QED) is 0.189. The molecule has 0 saturated heterocycles. The van der Waals surface area contributed by atoms with Crippen molar-refractivity contribution in [2.45, 2.75) is 0 Å². The van der Waals surface area contributed by atoms with Gasteiger partial charge in [-0.25, -0.2) is 15.0 Å². The van der Waals surface area contributed by atoms with E-state index < -0.39 is 0 Å². The maximum absolute atomic E-state index is 6.50. The van der Waals surface area contributed by atoms with Crippen LogP contribution in [0.2, 0.25) is 0 Å². The average Bonchev–Trinajstić information content (AvgIpc) is 3.87. The van der Waals surface area contributed by atoms with Gasteiger partial charge in [0.2, 0.25) is 0 Å². The van der Waals surface area contributed by atoms with Gasteiger partial charge in [0.15, 0.2) is 17.5 Å². The molecule has 0 spiro atoms. The molecule has 6 nitrogen and oxygen atoms in total. The summed E-state index contributed by atoms with van der Waals surface area (Å²) in [7, 11) is 0. The van der Waals surface area contributed by atoms with Crippen molar-refractivity contribution in [1.82, 2.24) is 19.5 Å². The molecular formula is C45H26N4O2. The van der Waals surface area contributed by atoms with Gasteiger partial charge in [0, 0.05) is 43.6 Å². The molecule has 0 saturated carbocycles.